The Hall–Kier alpha value is -2.75. The predicted octanol–water partition coefficient (Wildman–Crippen LogP) is 1.64. The van der Waals surface area contributed by atoms with E-state index in [1.807, 2.05) is 0 Å². The lowest BCUT2D eigenvalue weighted by Crippen LogP contribution is -2.40. The third-order valence-electron chi connectivity index (χ3n) is 4.39. The molecule has 0 aromatic heterocycles. The number of hydrogen-bond acceptors (Lipinski definition) is 7. The summed E-state index contributed by atoms with van der Waals surface area (Å²) in [7, 11) is -2.40. The van der Waals surface area contributed by atoms with Crippen LogP contribution < -0.4 is 4.74 Å². The molecule has 154 valence electrons. The molecule has 9 heteroatoms. The summed E-state index contributed by atoms with van der Waals surface area (Å²) < 4.78 is 41.9. The highest BCUT2D eigenvalue weighted by molar-refractivity contribution is 7.89. The van der Waals surface area contributed by atoms with Crippen LogP contribution in [-0.2, 0) is 30.7 Å². The minimum atomic E-state index is -3.71. The highest BCUT2D eigenvalue weighted by atomic mass is 32.2. The first-order chi connectivity index (χ1) is 13.9. The molecule has 29 heavy (non-hydrogen) atoms. The first-order valence-electron chi connectivity index (χ1n) is 8.96. The largest absolute Gasteiger partial charge is 0.469 e. The summed E-state index contributed by atoms with van der Waals surface area (Å²) in [6.45, 7) is 1.23. The van der Waals surface area contributed by atoms with Crippen molar-refractivity contribution in [2.24, 2.45) is 0 Å². The summed E-state index contributed by atoms with van der Waals surface area (Å²) in [4.78, 5) is 23.8. The van der Waals surface area contributed by atoms with Crippen LogP contribution in [0.2, 0.25) is 0 Å². The average Bonchev–Trinajstić information content (AvgIpc) is 2.75. The average molecular weight is 419 g/mol. The van der Waals surface area contributed by atoms with E-state index in [0.29, 0.717) is 13.2 Å². The van der Waals surface area contributed by atoms with E-state index in [4.69, 9.17) is 9.47 Å². The van der Waals surface area contributed by atoms with Gasteiger partial charge in [0.05, 0.1) is 37.2 Å². The van der Waals surface area contributed by atoms with E-state index in [1.54, 1.807) is 24.3 Å². The lowest BCUT2D eigenvalue weighted by Gasteiger charge is -2.26. The summed E-state index contributed by atoms with van der Waals surface area (Å²) in [5, 5.41) is 0. The van der Waals surface area contributed by atoms with E-state index >= 15 is 0 Å². The third-order valence-corrected chi connectivity index (χ3v) is 6.28. The van der Waals surface area contributed by atoms with Crippen LogP contribution in [0.1, 0.15) is 15.9 Å². The number of carbonyl (C=O) groups excluding carboxylic acids is 2. The molecule has 0 aliphatic carbocycles. The van der Waals surface area contributed by atoms with Gasteiger partial charge in [-0.25, -0.2) is 13.2 Å². The van der Waals surface area contributed by atoms with Crippen molar-refractivity contribution in [1.82, 2.24) is 4.31 Å². The molecule has 0 radical (unpaired) electrons. The molecule has 1 heterocycles. The highest BCUT2D eigenvalue weighted by Gasteiger charge is 2.27. The van der Waals surface area contributed by atoms with E-state index in [1.165, 1.54) is 35.7 Å². The Kier molecular flexibility index (Phi) is 6.63. The van der Waals surface area contributed by atoms with Crippen LogP contribution >= 0.6 is 0 Å². The number of methoxy groups -OCH3 is 1. The molecule has 1 aliphatic rings. The SMILES string of the molecule is COC(=O)Cc1ccc(OC(=O)c2cccc(S(=O)(=O)N3CCOCC3)c2)cc1. The van der Waals surface area contributed by atoms with Gasteiger partial charge in [-0.3, -0.25) is 4.79 Å². The third kappa shape index (κ3) is 5.20. The zero-order chi connectivity index (χ0) is 20.9. The normalized spacial score (nSPS) is 14.9. The summed E-state index contributed by atoms with van der Waals surface area (Å²) in [5.74, 6) is -0.761. The molecule has 0 unspecified atom stereocenters. The molecule has 0 amide bonds. The van der Waals surface area contributed by atoms with Gasteiger partial charge in [0.1, 0.15) is 5.75 Å². The Bertz CT molecular complexity index is 980. The first kappa shape index (κ1) is 21.0. The van der Waals surface area contributed by atoms with Gasteiger partial charge < -0.3 is 14.2 Å². The summed E-state index contributed by atoms with van der Waals surface area (Å²) in [6, 6.07) is 12.2. The van der Waals surface area contributed by atoms with Crippen molar-refractivity contribution in [3.8, 4) is 5.75 Å². The van der Waals surface area contributed by atoms with Crippen molar-refractivity contribution in [3.05, 3.63) is 59.7 Å². The molecule has 0 atom stereocenters. The molecule has 0 saturated carbocycles. The van der Waals surface area contributed by atoms with Gasteiger partial charge in [-0.1, -0.05) is 18.2 Å². The second-order valence-corrected chi connectivity index (χ2v) is 8.27. The van der Waals surface area contributed by atoms with Gasteiger partial charge in [0, 0.05) is 13.1 Å². The standard InChI is InChI=1S/C20H21NO7S/c1-26-19(22)13-15-5-7-17(8-6-15)28-20(23)16-3-2-4-18(14-16)29(24,25)21-9-11-27-12-10-21/h2-8,14H,9-13H2,1H3. The highest BCUT2D eigenvalue weighted by Crippen LogP contribution is 2.20. The lowest BCUT2D eigenvalue weighted by molar-refractivity contribution is -0.139. The summed E-state index contributed by atoms with van der Waals surface area (Å²) >= 11 is 0. The number of sulfonamides is 1. The molecule has 1 aliphatic heterocycles. The number of carbonyl (C=O) groups is 2. The van der Waals surface area contributed by atoms with Crippen LogP contribution in [0.15, 0.2) is 53.4 Å². The maximum Gasteiger partial charge on any atom is 0.343 e. The molecule has 3 rings (SSSR count). The van der Waals surface area contributed by atoms with E-state index in [0.717, 1.165) is 5.56 Å². The fraction of sp³-hybridized carbons (Fsp3) is 0.300. The van der Waals surface area contributed by atoms with Crippen LogP contribution in [0, 0.1) is 0 Å². The summed E-state index contributed by atoms with van der Waals surface area (Å²) in [5.41, 5.74) is 0.841. The molecular weight excluding hydrogens is 398 g/mol. The molecule has 2 aromatic rings. The van der Waals surface area contributed by atoms with Gasteiger partial charge in [0.15, 0.2) is 0 Å². The molecule has 1 saturated heterocycles. The number of benzene rings is 2. The molecule has 0 spiro atoms. The van der Waals surface area contributed by atoms with Crippen molar-refractivity contribution in [2.45, 2.75) is 11.3 Å². The number of rotatable bonds is 6. The predicted molar refractivity (Wildman–Crippen MR) is 103 cm³/mol. The Morgan fingerprint density at radius 2 is 1.76 bits per heavy atom. The Labute approximate surface area is 169 Å². The fourth-order valence-electron chi connectivity index (χ4n) is 2.80. The van der Waals surface area contributed by atoms with Gasteiger partial charge in [-0.05, 0) is 35.9 Å². The lowest BCUT2D eigenvalue weighted by atomic mass is 10.1. The van der Waals surface area contributed by atoms with E-state index in [-0.39, 0.29) is 41.7 Å². The van der Waals surface area contributed by atoms with Crippen LogP contribution in [0.25, 0.3) is 0 Å². The van der Waals surface area contributed by atoms with Crippen LogP contribution in [0.5, 0.6) is 5.75 Å². The van der Waals surface area contributed by atoms with Gasteiger partial charge in [-0.2, -0.15) is 4.31 Å². The van der Waals surface area contributed by atoms with Gasteiger partial charge in [0.2, 0.25) is 10.0 Å². The van der Waals surface area contributed by atoms with Gasteiger partial charge in [0.25, 0.3) is 0 Å². The van der Waals surface area contributed by atoms with E-state index in [9.17, 15) is 18.0 Å². The maximum atomic E-state index is 12.8. The monoisotopic (exact) mass is 419 g/mol. The van der Waals surface area contributed by atoms with Crippen molar-refractivity contribution in [2.75, 3.05) is 33.4 Å². The molecular formula is C20H21NO7S. The minimum Gasteiger partial charge on any atom is -0.469 e. The van der Waals surface area contributed by atoms with Crippen molar-refractivity contribution < 1.29 is 32.2 Å². The molecule has 8 nitrogen and oxygen atoms in total. The fourth-order valence-corrected chi connectivity index (χ4v) is 4.25. The zero-order valence-corrected chi connectivity index (χ0v) is 16.7. The van der Waals surface area contributed by atoms with Crippen LogP contribution in [0.3, 0.4) is 0 Å². The zero-order valence-electron chi connectivity index (χ0n) is 15.9. The summed E-state index contributed by atoms with van der Waals surface area (Å²) in [6.07, 6.45) is 0.117. The van der Waals surface area contributed by atoms with E-state index < -0.39 is 16.0 Å². The Morgan fingerprint density at radius 1 is 1.07 bits per heavy atom. The Morgan fingerprint density at radius 3 is 2.41 bits per heavy atom. The Balaban J connectivity index is 1.71. The minimum absolute atomic E-state index is 0.0299. The molecule has 0 bridgehead atoms. The number of hydrogen-bond donors (Lipinski definition) is 0. The van der Waals surface area contributed by atoms with Gasteiger partial charge >= 0.3 is 11.9 Å². The number of esters is 2. The number of nitrogens with zero attached hydrogens (tertiary/aromatic N) is 1. The van der Waals surface area contributed by atoms with Crippen LogP contribution in [-0.4, -0.2) is 58.1 Å². The number of morpholine rings is 1. The molecule has 0 N–H and O–H groups in total. The molecule has 1 fully saturated rings. The van der Waals surface area contributed by atoms with E-state index in [2.05, 4.69) is 4.74 Å². The topological polar surface area (TPSA) is 99.2 Å². The molecule has 2 aromatic carbocycles. The second kappa shape index (κ2) is 9.17. The van der Waals surface area contributed by atoms with Gasteiger partial charge in [-0.15, -0.1) is 0 Å². The van der Waals surface area contributed by atoms with Crippen LogP contribution in [0.4, 0.5) is 0 Å². The van der Waals surface area contributed by atoms with Crippen molar-refractivity contribution in [3.63, 3.8) is 0 Å². The van der Waals surface area contributed by atoms with Crippen molar-refractivity contribution >= 4 is 22.0 Å². The second-order valence-electron chi connectivity index (χ2n) is 6.33. The number of ether oxygens (including phenoxy) is 3. The maximum absolute atomic E-state index is 12.8. The smallest absolute Gasteiger partial charge is 0.343 e. The quantitative estimate of drug-likeness (QED) is 0.518. The first-order valence-corrected chi connectivity index (χ1v) is 10.4. The van der Waals surface area contributed by atoms with Crippen molar-refractivity contribution in [1.29, 1.82) is 0 Å².